The SMILES string of the molecule is Cc1ccccc1CCNC(=O)COC(=O)c1ccc2c(c1N)C(=O)c1ccccc1C2=O. The van der Waals surface area contributed by atoms with E-state index in [4.69, 9.17) is 10.5 Å². The number of ketones is 2. The van der Waals surface area contributed by atoms with Gasteiger partial charge in [-0.3, -0.25) is 14.4 Å². The van der Waals surface area contributed by atoms with Crippen molar-refractivity contribution in [3.05, 3.63) is 99.6 Å². The minimum absolute atomic E-state index is 0.0177. The number of rotatable bonds is 6. The van der Waals surface area contributed by atoms with E-state index in [0.29, 0.717) is 18.5 Å². The average Bonchev–Trinajstić information content (AvgIpc) is 2.82. The number of hydrogen-bond donors (Lipinski definition) is 2. The van der Waals surface area contributed by atoms with Crippen LogP contribution in [0.5, 0.6) is 0 Å². The quantitative estimate of drug-likeness (QED) is 0.350. The Morgan fingerprint density at radius 1 is 0.879 bits per heavy atom. The topological polar surface area (TPSA) is 116 Å². The van der Waals surface area contributed by atoms with E-state index in [1.54, 1.807) is 24.3 Å². The van der Waals surface area contributed by atoms with Gasteiger partial charge in [0.05, 0.1) is 16.8 Å². The summed E-state index contributed by atoms with van der Waals surface area (Å²) in [6.45, 7) is 1.91. The Morgan fingerprint density at radius 2 is 1.55 bits per heavy atom. The lowest BCUT2D eigenvalue weighted by molar-refractivity contribution is -0.124. The van der Waals surface area contributed by atoms with Gasteiger partial charge in [0.2, 0.25) is 0 Å². The van der Waals surface area contributed by atoms with Crippen molar-refractivity contribution in [2.24, 2.45) is 0 Å². The molecule has 1 aliphatic carbocycles. The summed E-state index contributed by atoms with van der Waals surface area (Å²) in [7, 11) is 0. The molecule has 7 heteroatoms. The van der Waals surface area contributed by atoms with E-state index in [1.807, 2.05) is 31.2 Å². The summed E-state index contributed by atoms with van der Waals surface area (Å²) in [6, 6.07) is 17.1. The standard InChI is InChI=1S/C26H22N2O5/c1-15-6-2-3-7-16(15)12-13-28-21(29)14-33-26(32)20-11-10-19-22(23(20)27)25(31)18-9-5-4-8-17(18)24(19)30/h2-11H,12-14,27H2,1H3,(H,28,29). The van der Waals surface area contributed by atoms with Gasteiger partial charge < -0.3 is 15.8 Å². The van der Waals surface area contributed by atoms with Crippen LogP contribution in [-0.2, 0) is 16.0 Å². The summed E-state index contributed by atoms with van der Waals surface area (Å²) in [5, 5.41) is 2.71. The van der Waals surface area contributed by atoms with E-state index >= 15 is 0 Å². The maximum atomic E-state index is 12.9. The predicted octanol–water partition coefficient (Wildman–Crippen LogP) is 2.87. The molecular formula is C26H22N2O5. The van der Waals surface area contributed by atoms with E-state index in [0.717, 1.165) is 11.1 Å². The summed E-state index contributed by atoms with van der Waals surface area (Å²) >= 11 is 0. The van der Waals surface area contributed by atoms with Crippen LogP contribution in [0.1, 0.15) is 53.3 Å². The second-order valence-corrected chi connectivity index (χ2v) is 7.76. The molecule has 0 saturated carbocycles. The monoisotopic (exact) mass is 442 g/mol. The zero-order valence-corrected chi connectivity index (χ0v) is 18.0. The number of anilines is 1. The number of benzene rings is 3. The van der Waals surface area contributed by atoms with Gasteiger partial charge in [0.1, 0.15) is 0 Å². The highest BCUT2D eigenvalue weighted by Gasteiger charge is 2.33. The number of esters is 1. The normalized spacial score (nSPS) is 12.0. The van der Waals surface area contributed by atoms with Crippen molar-refractivity contribution in [1.29, 1.82) is 0 Å². The maximum Gasteiger partial charge on any atom is 0.340 e. The third kappa shape index (κ3) is 4.25. The molecule has 0 heterocycles. The first-order chi connectivity index (χ1) is 15.9. The van der Waals surface area contributed by atoms with Crippen molar-refractivity contribution in [2.45, 2.75) is 13.3 Å². The van der Waals surface area contributed by atoms with Crippen molar-refractivity contribution in [3.63, 3.8) is 0 Å². The molecule has 0 radical (unpaired) electrons. The van der Waals surface area contributed by atoms with E-state index in [1.165, 1.54) is 12.1 Å². The number of fused-ring (bicyclic) bond motifs is 2. The molecule has 1 aliphatic rings. The Bertz CT molecular complexity index is 1300. The third-order valence-electron chi connectivity index (χ3n) is 5.67. The number of hydrogen-bond acceptors (Lipinski definition) is 6. The maximum absolute atomic E-state index is 12.9. The van der Waals surface area contributed by atoms with Crippen LogP contribution < -0.4 is 11.1 Å². The van der Waals surface area contributed by atoms with Crippen LogP contribution in [0.3, 0.4) is 0 Å². The Balaban J connectivity index is 1.41. The van der Waals surface area contributed by atoms with Crippen LogP contribution in [0, 0.1) is 6.92 Å². The number of aryl methyl sites for hydroxylation is 1. The average molecular weight is 442 g/mol. The fraction of sp³-hybridized carbons (Fsp3) is 0.154. The van der Waals surface area contributed by atoms with Crippen LogP contribution in [0.15, 0.2) is 60.7 Å². The molecule has 0 atom stereocenters. The number of nitrogen functional groups attached to an aromatic ring is 1. The van der Waals surface area contributed by atoms with Gasteiger partial charge in [-0.2, -0.15) is 0 Å². The van der Waals surface area contributed by atoms with Crippen LogP contribution in [-0.4, -0.2) is 36.6 Å². The number of carbonyl (C=O) groups excluding carboxylic acids is 4. The fourth-order valence-electron chi connectivity index (χ4n) is 3.88. The van der Waals surface area contributed by atoms with Gasteiger partial charge in [0.25, 0.3) is 5.91 Å². The lowest BCUT2D eigenvalue weighted by atomic mass is 9.82. The first kappa shape index (κ1) is 22.0. The summed E-state index contributed by atoms with van der Waals surface area (Å²) in [5.41, 5.74) is 8.82. The van der Waals surface area contributed by atoms with Gasteiger partial charge in [-0.25, -0.2) is 4.79 Å². The van der Waals surface area contributed by atoms with Gasteiger partial charge in [-0.1, -0.05) is 48.5 Å². The number of nitrogens with two attached hydrogens (primary N) is 1. The van der Waals surface area contributed by atoms with Crippen LogP contribution in [0.4, 0.5) is 5.69 Å². The summed E-state index contributed by atoms with van der Waals surface area (Å²) in [6.07, 6.45) is 0.655. The lowest BCUT2D eigenvalue weighted by Crippen LogP contribution is -2.31. The van der Waals surface area contributed by atoms with Gasteiger partial charge in [-0.05, 0) is 36.6 Å². The van der Waals surface area contributed by atoms with Crippen molar-refractivity contribution < 1.29 is 23.9 Å². The minimum atomic E-state index is -0.844. The highest BCUT2D eigenvalue weighted by atomic mass is 16.5. The van der Waals surface area contributed by atoms with Crippen molar-refractivity contribution >= 4 is 29.1 Å². The highest BCUT2D eigenvalue weighted by molar-refractivity contribution is 6.30. The minimum Gasteiger partial charge on any atom is -0.452 e. The molecular weight excluding hydrogens is 420 g/mol. The zero-order valence-electron chi connectivity index (χ0n) is 18.0. The molecule has 0 aromatic heterocycles. The molecule has 3 aromatic rings. The molecule has 0 fully saturated rings. The number of amides is 1. The second kappa shape index (κ2) is 9.08. The van der Waals surface area contributed by atoms with E-state index in [9.17, 15) is 19.2 Å². The first-order valence-electron chi connectivity index (χ1n) is 10.5. The van der Waals surface area contributed by atoms with Crippen LogP contribution in [0.2, 0.25) is 0 Å². The second-order valence-electron chi connectivity index (χ2n) is 7.76. The molecule has 33 heavy (non-hydrogen) atoms. The predicted molar refractivity (Wildman–Crippen MR) is 122 cm³/mol. The third-order valence-corrected chi connectivity index (χ3v) is 5.67. The lowest BCUT2D eigenvalue weighted by Gasteiger charge is -2.20. The van der Waals surface area contributed by atoms with Crippen molar-refractivity contribution in [2.75, 3.05) is 18.9 Å². The van der Waals surface area contributed by atoms with Crippen molar-refractivity contribution in [1.82, 2.24) is 5.32 Å². The molecule has 3 N–H and O–H groups in total. The zero-order chi connectivity index (χ0) is 23.5. The Labute approximate surface area is 190 Å². The van der Waals surface area contributed by atoms with Crippen LogP contribution >= 0.6 is 0 Å². The smallest absolute Gasteiger partial charge is 0.340 e. The molecule has 3 aromatic carbocycles. The fourth-order valence-corrected chi connectivity index (χ4v) is 3.88. The molecule has 0 saturated heterocycles. The number of ether oxygens (including phenoxy) is 1. The van der Waals surface area contributed by atoms with Gasteiger partial charge in [-0.15, -0.1) is 0 Å². The molecule has 1 amide bonds. The largest absolute Gasteiger partial charge is 0.452 e. The van der Waals surface area contributed by atoms with Gasteiger partial charge in [0, 0.05) is 23.2 Å². The Morgan fingerprint density at radius 3 is 2.27 bits per heavy atom. The molecule has 0 aliphatic heterocycles. The van der Waals surface area contributed by atoms with Crippen molar-refractivity contribution in [3.8, 4) is 0 Å². The molecule has 166 valence electrons. The Hall–Kier alpha value is -4.26. The number of carbonyl (C=O) groups is 4. The summed E-state index contributed by atoms with van der Waals surface area (Å²) in [4.78, 5) is 50.3. The van der Waals surface area contributed by atoms with Gasteiger partial charge >= 0.3 is 5.97 Å². The molecule has 0 unspecified atom stereocenters. The first-order valence-corrected chi connectivity index (χ1v) is 10.5. The number of nitrogens with one attached hydrogen (secondary N) is 1. The molecule has 4 rings (SSSR count). The molecule has 0 bridgehead atoms. The summed E-state index contributed by atoms with van der Waals surface area (Å²) < 4.78 is 5.09. The highest BCUT2D eigenvalue weighted by Crippen LogP contribution is 2.32. The van der Waals surface area contributed by atoms with Crippen LogP contribution in [0.25, 0.3) is 0 Å². The molecule has 7 nitrogen and oxygen atoms in total. The Kier molecular flexibility index (Phi) is 6.04. The molecule has 0 spiro atoms. The van der Waals surface area contributed by atoms with E-state index in [2.05, 4.69) is 5.32 Å². The van der Waals surface area contributed by atoms with Gasteiger partial charge in [0.15, 0.2) is 18.2 Å². The summed E-state index contributed by atoms with van der Waals surface area (Å²) in [5.74, 6) is -2.06. The van der Waals surface area contributed by atoms with E-state index < -0.39 is 24.3 Å². The van der Waals surface area contributed by atoms with E-state index in [-0.39, 0.29) is 33.7 Å².